The monoisotopic (exact) mass is 328 g/mol. The average Bonchev–Trinajstić information content (AvgIpc) is 2.38. The Morgan fingerprint density at radius 3 is 2.79 bits per heavy atom. The highest BCUT2D eigenvalue weighted by Crippen LogP contribution is 2.24. The molecule has 1 atom stereocenters. The van der Waals surface area contributed by atoms with Crippen LogP contribution in [0.2, 0.25) is 0 Å². The van der Waals surface area contributed by atoms with E-state index in [2.05, 4.69) is 21.2 Å². The third-order valence-corrected chi connectivity index (χ3v) is 3.34. The molecule has 6 heteroatoms. The van der Waals surface area contributed by atoms with Crippen molar-refractivity contribution in [3.05, 3.63) is 28.2 Å². The number of carbonyl (C=O) groups excluding carboxylic acids is 2. The molecule has 0 saturated heterocycles. The van der Waals surface area contributed by atoms with Gasteiger partial charge in [-0.2, -0.15) is 0 Å². The summed E-state index contributed by atoms with van der Waals surface area (Å²) in [5, 5.41) is 2.66. The van der Waals surface area contributed by atoms with Crippen molar-refractivity contribution in [2.24, 2.45) is 0 Å². The van der Waals surface area contributed by atoms with E-state index in [1.165, 1.54) is 6.92 Å². The van der Waals surface area contributed by atoms with E-state index in [0.717, 1.165) is 6.42 Å². The number of nitrogen functional groups attached to an aromatic ring is 1. The highest BCUT2D eigenvalue weighted by atomic mass is 79.9. The maximum atomic E-state index is 11.9. The molecule has 5 nitrogen and oxygen atoms in total. The lowest BCUT2D eigenvalue weighted by Gasteiger charge is -2.14. The number of esters is 1. The zero-order valence-corrected chi connectivity index (χ0v) is 12.5. The van der Waals surface area contributed by atoms with Gasteiger partial charge in [0.25, 0.3) is 5.91 Å². The molecular weight excluding hydrogens is 312 g/mol. The highest BCUT2D eigenvalue weighted by Gasteiger charge is 2.20. The average molecular weight is 329 g/mol. The molecule has 0 radical (unpaired) electrons. The Hall–Kier alpha value is -1.56. The standard InChI is InChI=1S/C13H17BrN2O3/c1-3-7-16-12(17)8(2)19-13(18)9-5-4-6-10(15)11(9)14/h4-6,8H,3,7,15H2,1-2H3,(H,16,17). The first-order valence-corrected chi connectivity index (χ1v) is 6.79. The van der Waals surface area contributed by atoms with Crippen molar-refractivity contribution >= 4 is 33.5 Å². The first kappa shape index (κ1) is 15.5. The van der Waals surface area contributed by atoms with Gasteiger partial charge < -0.3 is 15.8 Å². The first-order valence-electron chi connectivity index (χ1n) is 6.00. The summed E-state index contributed by atoms with van der Waals surface area (Å²) in [4.78, 5) is 23.5. The molecule has 0 aliphatic heterocycles. The number of amides is 1. The Kier molecular flexibility index (Phi) is 5.82. The summed E-state index contributed by atoms with van der Waals surface area (Å²) < 4.78 is 5.57. The Morgan fingerprint density at radius 1 is 1.47 bits per heavy atom. The van der Waals surface area contributed by atoms with Crippen LogP contribution in [-0.4, -0.2) is 24.5 Å². The van der Waals surface area contributed by atoms with Gasteiger partial charge in [0.1, 0.15) is 0 Å². The minimum Gasteiger partial charge on any atom is -0.449 e. The third-order valence-electron chi connectivity index (χ3n) is 2.45. The van der Waals surface area contributed by atoms with Crippen molar-refractivity contribution < 1.29 is 14.3 Å². The van der Waals surface area contributed by atoms with Gasteiger partial charge in [0.05, 0.1) is 10.0 Å². The predicted octanol–water partition coefficient (Wildman–Crippen LogP) is 2.10. The van der Waals surface area contributed by atoms with Crippen LogP contribution in [0.4, 0.5) is 5.69 Å². The molecule has 0 saturated carbocycles. The summed E-state index contributed by atoms with van der Waals surface area (Å²) in [6, 6.07) is 4.90. The topological polar surface area (TPSA) is 81.4 Å². The fourth-order valence-corrected chi connectivity index (χ4v) is 1.80. The van der Waals surface area contributed by atoms with Crippen LogP contribution in [0.1, 0.15) is 30.6 Å². The van der Waals surface area contributed by atoms with Gasteiger partial charge in [-0.3, -0.25) is 4.79 Å². The van der Waals surface area contributed by atoms with E-state index >= 15 is 0 Å². The van der Waals surface area contributed by atoms with E-state index in [4.69, 9.17) is 10.5 Å². The van der Waals surface area contributed by atoms with E-state index in [-0.39, 0.29) is 5.91 Å². The van der Waals surface area contributed by atoms with Crippen LogP contribution in [0, 0.1) is 0 Å². The summed E-state index contributed by atoms with van der Waals surface area (Å²) in [6.45, 7) is 4.03. The van der Waals surface area contributed by atoms with Crippen molar-refractivity contribution in [2.45, 2.75) is 26.4 Å². The second-order valence-corrected chi connectivity index (χ2v) is 4.84. The largest absolute Gasteiger partial charge is 0.449 e. The van der Waals surface area contributed by atoms with Gasteiger partial charge in [0.15, 0.2) is 6.10 Å². The minimum absolute atomic E-state index is 0.301. The molecule has 0 bridgehead atoms. The molecule has 1 amide bonds. The van der Waals surface area contributed by atoms with Crippen LogP contribution in [0.25, 0.3) is 0 Å². The second-order valence-electron chi connectivity index (χ2n) is 4.05. The second kappa shape index (κ2) is 7.13. The van der Waals surface area contributed by atoms with Crippen LogP contribution in [0.15, 0.2) is 22.7 Å². The Labute approximate surface area is 120 Å². The van der Waals surface area contributed by atoms with Gasteiger partial charge in [0.2, 0.25) is 0 Å². The number of ether oxygens (including phenoxy) is 1. The van der Waals surface area contributed by atoms with Crippen LogP contribution in [-0.2, 0) is 9.53 Å². The molecule has 0 heterocycles. The zero-order valence-electron chi connectivity index (χ0n) is 10.9. The number of nitrogens with one attached hydrogen (secondary N) is 1. The zero-order chi connectivity index (χ0) is 14.4. The van der Waals surface area contributed by atoms with Gasteiger partial charge in [-0.15, -0.1) is 0 Å². The molecule has 0 aliphatic carbocycles. The minimum atomic E-state index is -0.840. The van der Waals surface area contributed by atoms with Gasteiger partial charge in [-0.05, 0) is 41.4 Å². The first-order chi connectivity index (χ1) is 8.97. The van der Waals surface area contributed by atoms with E-state index in [9.17, 15) is 9.59 Å². The van der Waals surface area contributed by atoms with E-state index < -0.39 is 12.1 Å². The SMILES string of the molecule is CCCNC(=O)C(C)OC(=O)c1cccc(N)c1Br. The number of hydrogen-bond donors (Lipinski definition) is 2. The van der Waals surface area contributed by atoms with Crippen LogP contribution >= 0.6 is 15.9 Å². The Bertz CT molecular complexity index is 477. The number of rotatable bonds is 5. The highest BCUT2D eigenvalue weighted by molar-refractivity contribution is 9.10. The van der Waals surface area contributed by atoms with E-state index in [1.807, 2.05) is 6.92 Å². The molecule has 1 rings (SSSR count). The lowest BCUT2D eigenvalue weighted by molar-refractivity contribution is -0.129. The smallest absolute Gasteiger partial charge is 0.340 e. The molecule has 1 aromatic carbocycles. The lowest BCUT2D eigenvalue weighted by atomic mass is 10.2. The third kappa shape index (κ3) is 4.24. The fraction of sp³-hybridized carbons (Fsp3) is 0.385. The maximum Gasteiger partial charge on any atom is 0.340 e. The number of hydrogen-bond acceptors (Lipinski definition) is 4. The molecule has 0 spiro atoms. The van der Waals surface area contributed by atoms with Crippen LogP contribution in [0.5, 0.6) is 0 Å². The Morgan fingerprint density at radius 2 is 2.16 bits per heavy atom. The molecule has 0 aromatic heterocycles. The number of halogens is 1. The summed E-state index contributed by atoms with van der Waals surface area (Å²) in [5.74, 6) is -0.895. The molecule has 0 aliphatic rings. The quantitative estimate of drug-likeness (QED) is 0.640. The van der Waals surface area contributed by atoms with Gasteiger partial charge >= 0.3 is 5.97 Å². The van der Waals surface area contributed by atoms with Crippen molar-refractivity contribution in [3.63, 3.8) is 0 Å². The number of anilines is 1. The summed E-state index contributed by atoms with van der Waals surface area (Å²) >= 11 is 3.22. The van der Waals surface area contributed by atoms with Crippen LogP contribution in [0.3, 0.4) is 0 Å². The van der Waals surface area contributed by atoms with Crippen LogP contribution < -0.4 is 11.1 Å². The number of benzene rings is 1. The summed E-state index contributed by atoms with van der Waals surface area (Å²) in [6.07, 6.45) is -0.0138. The van der Waals surface area contributed by atoms with Crippen molar-refractivity contribution in [1.29, 1.82) is 0 Å². The molecule has 3 N–H and O–H groups in total. The van der Waals surface area contributed by atoms with Gasteiger partial charge in [-0.1, -0.05) is 13.0 Å². The van der Waals surface area contributed by atoms with Crippen molar-refractivity contribution in [2.75, 3.05) is 12.3 Å². The molecule has 1 aromatic rings. The van der Waals surface area contributed by atoms with Gasteiger partial charge in [-0.25, -0.2) is 4.79 Å². The van der Waals surface area contributed by atoms with E-state index in [1.54, 1.807) is 18.2 Å². The van der Waals surface area contributed by atoms with E-state index in [0.29, 0.717) is 22.3 Å². The Balaban J connectivity index is 2.69. The van der Waals surface area contributed by atoms with Crippen molar-refractivity contribution in [3.8, 4) is 0 Å². The number of carbonyl (C=O) groups is 2. The lowest BCUT2D eigenvalue weighted by Crippen LogP contribution is -2.36. The van der Waals surface area contributed by atoms with Gasteiger partial charge in [0, 0.05) is 12.2 Å². The fourth-order valence-electron chi connectivity index (χ4n) is 1.38. The summed E-state index contributed by atoms with van der Waals surface area (Å²) in [5.41, 5.74) is 6.42. The molecular formula is C13H17BrN2O3. The normalized spacial score (nSPS) is 11.7. The molecule has 19 heavy (non-hydrogen) atoms. The predicted molar refractivity (Wildman–Crippen MR) is 76.7 cm³/mol. The molecule has 1 unspecified atom stereocenters. The number of nitrogens with two attached hydrogens (primary N) is 1. The maximum absolute atomic E-state index is 11.9. The summed E-state index contributed by atoms with van der Waals surface area (Å²) in [7, 11) is 0. The molecule has 0 fully saturated rings. The molecule has 104 valence electrons. The van der Waals surface area contributed by atoms with Crippen molar-refractivity contribution in [1.82, 2.24) is 5.32 Å².